The van der Waals surface area contributed by atoms with Crippen molar-refractivity contribution in [3.05, 3.63) is 52.8 Å². The first-order valence-electron chi connectivity index (χ1n) is 6.82. The first-order chi connectivity index (χ1) is 9.51. The van der Waals surface area contributed by atoms with Crippen LogP contribution in [-0.2, 0) is 24.7 Å². The van der Waals surface area contributed by atoms with Crippen molar-refractivity contribution in [2.75, 3.05) is 0 Å². The molecule has 1 heterocycles. The maximum atomic E-state index is 11.5. The third-order valence-electron chi connectivity index (χ3n) is 3.58. The second-order valence-corrected chi connectivity index (χ2v) is 5.11. The van der Waals surface area contributed by atoms with Gasteiger partial charge in [0.25, 0.3) is 0 Å². The zero-order valence-corrected chi connectivity index (χ0v) is 12.1. The van der Waals surface area contributed by atoms with E-state index in [2.05, 4.69) is 5.10 Å². The van der Waals surface area contributed by atoms with Gasteiger partial charge in [-0.3, -0.25) is 9.48 Å². The first kappa shape index (κ1) is 14.3. The van der Waals surface area contributed by atoms with Gasteiger partial charge in [0.05, 0.1) is 11.6 Å². The number of rotatable bonds is 5. The van der Waals surface area contributed by atoms with Gasteiger partial charge in [0.2, 0.25) is 0 Å². The summed E-state index contributed by atoms with van der Waals surface area (Å²) < 4.78 is 1.78. The molecule has 0 aliphatic carbocycles. The number of aromatic nitrogens is 2. The lowest BCUT2D eigenvalue weighted by molar-refractivity contribution is -0.138. The minimum absolute atomic E-state index is 0.460. The summed E-state index contributed by atoms with van der Waals surface area (Å²) in [5, 5.41) is 13.9. The van der Waals surface area contributed by atoms with Crippen LogP contribution in [0.15, 0.2) is 30.3 Å². The highest BCUT2D eigenvalue weighted by Crippen LogP contribution is 2.22. The largest absolute Gasteiger partial charge is 0.481 e. The molecule has 0 radical (unpaired) electrons. The quantitative estimate of drug-likeness (QED) is 0.910. The highest BCUT2D eigenvalue weighted by atomic mass is 16.4. The summed E-state index contributed by atoms with van der Waals surface area (Å²) in [5.74, 6) is -1.33. The minimum Gasteiger partial charge on any atom is -0.481 e. The first-order valence-corrected chi connectivity index (χ1v) is 6.82. The molecule has 1 atom stereocenters. The van der Waals surface area contributed by atoms with Crippen LogP contribution in [0.2, 0.25) is 0 Å². The molecule has 0 fully saturated rings. The molecule has 0 aliphatic heterocycles. The molecule has 4 heteroatoms. The summed E-state index contributed by atoms with van der Waals surface area (Å²) in [7, 11) is 1.86. The maximum absolute atomic E-state index is 11.5. The Morgan fingerprint density at radius 2 is 2.00 bits per heavy atom. The van der Waals surface area contributed by atoms with Gasteiger partial charge in [-0.1, -0.05) is 36.8 Å². The number of benzene rings is 1. The molecule has 0 spiro atoms. The summed E-state index contributed by atoms with van der Waals surface area (Å²) in [4.78, 5) is 11.5. The SMILES string of the molecule is CCc1cc(CC(C(=O)O)c2ccc(C)cc2)n(C)n1. The molecule has 2 aromatic rings. The summed E-state index contributed by atoms with van der Waals surface area (Å²) in [5.41, 5.74) is 3.92. The Morgan fingerprint density at radius 3 is 2.50 bits per heavy atom. The highest BCUT2D eigenvalue weighted by Gasteiger charge is 2.22. The van der Waals surface area contributed by atoms with Gasteiger partial charge < -0.3 is 5.11 Å². The highest BCUT2D eigenvalue weighted by molar-refractivity contribution is 5.76. The van der Waals surface area contributed by atoms with Crippen LogP contribution in [0, 0.1) is 6.92 Å². The lowest BCUT2D eigenvalue weighted by Gasteiger charge is -2.13. The predicted octanol–water partition coefficient (Wildman–Crippen LogP) is 2.70. The van der Waals surface area contributed by atoms with Crippen molar-refractivity contribution in [1.82, 2.24) is 9.78 Å². The van der Waals surface area contributed by atoms with Crippen LogP contribution < -0.4 is 0 Å². The molecule has 0 amide bonds. The van der Waals surface area contributed by atoms with E-state index in [-0.39, 0.29) is 0 Å². The molecule has 1 unspecified atom stereocenters. The van der Waals surface area contributed by atoms with E-state index in [0.29, 0.717) is 6.42 Å². The van der Waals surface area contributed by atoms with Gasteiger partial charge in [-0.15, -0.1) is 0 Å². The number of nitrogens with zero attached hydrogens (tertiary/aromatic N) is 2. The van der Waals surface area contributed by atoms with Crippen LogP contribution in [-0.4, -0.2) is 20.9 Å². The smallest absolute Gasteiger partial charge is 0.311 e. The maximum Gasteiger partial charge on any atom is 0.311 e. The van der Waals surface area contributed by atoms with Crippen molar-refractivity contribution in [3.63, 3.8) is 0 Å². The Balaban J connectivity index is 2.27. The molecule has 1 aromatic carbocycles. The van der Waals surface area contributed by atoms with Crippen molar-refractivity contribution in [2.24, 2.45) is 7.05 Å². The fraction of sp³-hybridized carbons (Fsp3) is 0.375. The molecule has 106 valence electrons. The van der Waals surface area contributed by atoms with Crippen LogP contribution in [0.5, 0.6) is 0 Å². The Morgan fingerprint density at radius 1 is 1.35 bits per heavy atom. The average Bonchev–Trinajstić information content (AvgIpc) is 2.77. The summed E-state index contributed by atoms with van der Waals surface area (Å²) >= 11 is 0. The van der Waals surface area contributed by atoms with E-state index in [9.17, 15) is 9.90 Å². The van der Waals surface area contributed by atoms with Gasteiger partial charge >= 0.3 is 5.97 Å². The Hall–Kier alpha value is -2.10. The van der Waals surface area contributed by atoms with E-state index in [1.165, 1.54) is 0 Å². The molecule has 0 saturated heterocycles. The van der Waals surface area contributed by atoms with E-state index < -0.39 is 11.9 Å². The predicted molar refractivity (Wildman–Crippen MR) is 77.8 cm³/mol. The van der Waals surface area contributed by atoms with E-state index in [1.54, 1.807) is 4.68 Å². The summed E-state index contributed by atoms with van der Waals surface area (Å²) in [6.45, 7) is 4.04. The van der Waals surface area contributed by atoms with Gasteiger partial charge in [0, 0.05) is 19.2 Å². The number of carboxylic acids is 1. The number of hydrogen-bond acceptors (Lipinski definition) is 2. The van der Waals surface area contributed by atoms with Gasteiger partial charge in [-0.25, -0.2) is 0 Å². The molecule has 20 heavy (non-hydrogen) atoms. The van der Waals surface area contributed by atoms with Crippen LogP contribution in [0.4, 0.5) is 0 Å². The van der Waals surface area contributed by atoms with Crippen molar-refractivity contribution in [3.8, 4) is 0 Å². The lowest BCUT2D eigenvalue weighted by atomic mass is 9.93. The fourth-order valence-electron chi connectivity index (χ4n) is 2.29. The standard InChI is InChI=1S/C16H20N2O2/c1-4-13-9-14(18(3)17-13)10-15(16(19)20)12-7-5-11(2)6-8-12/h5-9,15H,4,10H2,1-3H3,(H,19,20). The minimum atomic E-state index is -0.798. The van der Waals surface area contributed by atoms with Gasteiger partial charge in [0.1, 0.15) is 0 Å². The molecule has 0 bridgehead atoms. The van der Waals surface area contributed by atoms with E-state index in [1.807, 2.05) is 51.2 Å². The fourth-order valence-corrected chi connectivity index (χ4v) is 2.29. The molecule has 1 aromatic heterocycles. The molecular weight excluding hydrogens is 252 g/mol. The van der Waals surface area contributed by atoms with Crippen LogP contribution in [0.3, 0.4) is 0 Å². The number of aliphatic carboxylic acids is 1. The Kier molecular flexibility index (Phi) is 4.23. The van der Waals surface area contributed by atoms with Gasteiger partial charge in [-0.05, 0) is 25.0 Å². The zero-order chi connectivity index (χ0) is 14.7. The summed E-state index contributed by atoms with van der Waals surface area (Å²) in [6, 6.07) is 9.68. The Labute approximate surface area is 119 Å². The average molecular weight is 272 g/mol. The zero-order valence-electron chi connectivity index (χ0n) is 12.1. The lowest BCUT2D eigenvalue weighted by Crippen LogP contribution is -2.16. The molecule has 0 aliphatic rings. The topological polar surface area (TPSA) is 55.1 Å². The number of carbonyl (C=O) groups is 1. The summed E-state index contributed by atoms with van der Waals surface area (Å²) in [6.07, 6.45) is 1.32. The second-order valence-electron chi connectivity index (χ2n) is 5.11. The van der Waals surface area contributed by atoms with Crippen molar-refractivity contribution in [2.45, 2.75) is 32.6 Å². The number of carboxylic acid groups (broad SMARTS) is 1. The third kappa shape index (κ3) is 3.07. The molecule has 4 nitrogen and oxygen atoms in total. The molecule has 1 N–H and O–H groups in total. The van der Waals surface area contributed by atoms with Crippen molar-refractivity contribution >= 4 is 5.97 Å². The Bertz CT molecular complexity index is 599. The molecule has 2 rings (SSSR count). The molecule has 0 saturated carbocycles. The third-order valence-corrected chi connectivity index (χ3v) is 3.58. The van der Waals surface area contributed by atoms with E-state index in [4.69, 9.17) is 0 Å². The van der Waals surface area contributed by atoms with E-state index in [0.717, 1.165) is 28.9 Å². The van der Waals surface area contributed by atoms with E-state index >= 15 is 0 Å². The van der Waals surface area contributed by atoms with Gasteiger partial charge in [0.15, 0.2) is 0 Å². The monoisotopic (exact) mass is 272 g/mol. The van der Waals surface area contributed by atoms with Crippen LogP contribution in [0.1, 0.15) is 35.4 Å². The second kappa shape index (κ2) is 5.90. The van der Waals surface area contributed by atoms with Crippen molar-refractivity contribution < 1.29 is 9.90 Å². The normalized spacial score (nSPS) is 12.3. The number of hydrogen-bond donors (Lipinski definition) is 1. The molecular formula is C16H20N2O2. The van der Waals surface area contributed by atoms with Crippen molar-refractivity contribution in [1.29, 1.82) is 0 Å². The van der Waals surface area contributed by atoms with Crippen LogP contribution in [0.25, 0.3) is 0 Å². The van der Waals surface area contributed by atoms with Crippen LogP contribution >= 0.6 is 0 Å². The van der Waals surface area contributed by atoms with Gasteiger partial charge in [-0.2, -0.15) is 5.10 Å². The number of aryl methyl sites for hydroxylation is 3.